The molecule has 0 bridgehead atoms. The summed E-state index contributed by atoms with van der Waals surface area (Å²) in [4.78, 5) is 24.6. The number of carbonyl (C=O) groups is 2. The van der Waals surface area contributed by atoms with Crippen molar-refractivity contribution >= 4 is 11.9 Å². The molecule has 0 amide bonds. The van der Waals surface area contributed by atoms with Gasteiger partial charge in [-0.2, -0.15) is 0 Å². The van der Waals surface area contributed by atoms with Gasteiger partial charge in [-0.05, 0) is 33.5 Å². The lowest BCUT2D eigenvalue weighted by atomic mass is 10.1. The highest BCUT2D eigenvalue weighted by atomic mass is 16.6. The van der Waals surface area contributed by atoms with Crippen LogP contribution in [0.2, 0.25) is 0 Å². The van der Waals surface area contributed by atoms with E-state index in [0.717, 1.165) is 19.4 Å². The number of nitrogens with zero attached hydrogens (tertiary/aromatic N) is 1. The largest absolute Gasteiger partial charge is 0.463 e. The van der Waals surface area contributed by atoms with Gasteiger partial charge >= 0.3 is 11.9 Å². The summed E-state index contributed by atoms with van der Waals surface area (Å²) < 4.78 is 15.8. The molecule has 0 saturated carbocycles. The highest BCUT2D eigenvalue weighted by Gasteiger charge is 2.17. The van der Waals surface area contributed by atoms with Crippen molar-refractivity contribution in [3.05, 3.63) is 0 Å². The van der Waals surface area contributed by atoms with E-state index in [4.69, 9.17) is 14.2 Å². The summed E-state index contributed by atoms with van der Waals surface area (Å²) in [6.45, 7) is 6.75. The van der Waals surface area contributed by atoms with Crippen LogP contribution in [-0.2, 0) is 23.8 Å². The molecule has 21 heavy (non-hydrogen) atoms. The van der Waals surface area contributed by atoms with Crippen molar-refractivity contribution in [3.63, 3.8) is 0 Å². The molecule has 0 spiro atoms. The molecule has 124 valence electrons. The number of hydrogen-bond donors (Lipinski definition) is 0. The van der Waals surface area contributed by atoms with Crippen LogP contribution in [0.3, 0.4) is 0 Å². The second-order valence-corrected chi connectivity index (χ2v) is 5.39. The summed E-state index contributed by atoms with van der Waals surface area (Å²) in [5.41, 5.74) is 0. The van der Waals surface area contributed by atoms with Gasteiger partial charge in [0.2, 0.25) is 0 Å². The first-order valence-electron chi connectivity index (χ1n) is 7.43. The lowest BCUT2D eigenvalue weighted by Gasteiger charge is -2.19. The fourth-order valence-electron chi connectivity index (χ4n) is 1.47. The average molecular weight is 303 g/mol. The molecular formula is C15H29NO5. The third-order valence-corrected chi connectivity index (χ3v) is 3.00. The number of rotatable bonds is 11. The van der Waals surface area contributed by atoms with Gasteiger partial charge in [0.15, 0.2) is 0 Å². The van der Waals surface area contributed by atoms with Crippen LogP contribution in [0, 0.1) is 5.92 Å². The second-order valence-electron chi connectivity index (χ2n) is 5.39. The Morgan fingerprint density at radius 1 is 1.14 bits per heavy atom. The third-order valence-electron chi connectivity index (χ3n) is 3.00. The van der Waals surface area contributed by atoms with Crippen LogP contribution in [0.25, 0.3) is 0 Å². The standard InChI is InChI=1S/C15H29NO5/c1-6-12(2)15(18)21-11-14(10-20-13(3)17)19-9-7-8-16(4)5/h12,14H,6-11H2,1-5H3. The number of hydrogen-bond acceptors (Lipinski definition) is 6. The molecule has 0 aromatic carbocycles. The summed E-state index contributed by atoms with van der Waals surface area (Å²) in [7, 11) is 3.98. The van der Waals surface area contributed by atoms with E-state index < -0.39 is 6.10 Å². The fourth-order valence-corrected chi connectivity index (χ4v) is 1.47. The van der Waals surface area contributed by atoms with E-state index >= 15 is 0 Å². The van der Waals surface area contributed by atoms with Crippen molar-refractivity contribution in [1.29, 1.82) is 0 Å². The van der Waals surface area contributed by atoms with Crippen molar-refractivity contribution in [3.8, 4) is 0 Å². The summed E-state index contributed by atoms with van der Waals surface area (Å²) in [5, 5.41) is 0. The van der Waals surface area contributed by atoms with E-state index in [1.54, 1.807) is 0 Å². The molecule has 0 heterocycles. The molecule has 0 aliphatic rings. The molecule has 2 unspecified atom stereocenters. The van der Waals surface area contributed by atoms with Gasteiger partial charge in [-0.25, -0.2) is 0 Å². The number of ether oxygens (including phenoxy) is 3. The lowest BCUT2D eigenvalue weighted by molar-refractivity contribution is -0.157. The average Bonchev–Trinajstić information content (AvgIpc) is 2.43. The predicted molar refractivity (Wildman–Crippen MR) is 80.0 cm³/mol. The SMILES string of the molecule is CCC(C)C(=O)OCC(COC(C)=O)OCCCN(C)C. The van der Waals surface area contributed by atoms with Crippen LogP contribution in [0.5, 0.6) is 0 Å². The van der Waals surface area contributed by atoms with Crippen LogP contribution in [0.1, 0.15) is 33.6 Å². The third kappa shape index (κ3) is 11.2. The van der Waals surface area contributed by atoms with E-state index in [-0.39, 0.29) is 31.1 Å². The molecule has 0 aliphatic heterocycles. The Kier molecular flexibility index (Phi) is 10.9. The molecule has 0 radical (unpaired) electrons. The number of carbonyl (C=O) groups excluding carboxylic acids is 2. The van der Waals surface area contributed by atoms with Crippen molar-refractivity contribution in [2.24, 2.45) is 5.92 Å². The van der Waals surface area contributed by atoms with Crippen molar-refractivity contribution < 1.29 is 23.8 Å². The fraction of sp³-hybridized carbons (Fsp3) is 0.867. The maximum atomic E-state index is 11.6. The predicted octanol–water partition coefficient (Wildman–Crippen LogP) is 1.48. The first-order valence-corrected chi connectivity index (χ1v) is 7.43. The van der Waals surface area contributed by atoms with E-state index in [1.165, 1.54) is 6.92 Å². The van der Waals surface area contributed by atoms with E-state index in [1.807, 2.05) is 27.9 Å². The Balaban J connectivity index is 4.12. The summed E-state index contributed by atoms with van der Waals surface area (Å²) in [6.07, 6.45) is 1.18. The van der Waals surface area contributed by atoms with Gasteiger partial charge in [0.1, 0.15) is 19.3 Å². The highest BCUT2D eigenvalue weighted by Crippen LogP contribution is 2.05. The van der Waals surface area contributed by atoms with Crippen LogP contribution in [0.4, 0.5) is 0 Å². The van der Waals surface area contributed by atoms with Gasteiger partial charge in [0, 0.05) is 13.5 Å². The monoisotopic (exact) mass is 303 g/mol. The Morgan fingerprint density at radius 2 is 1.76 bits per heavy atom. The van der Waals surface area contributed by atoms with Gasteiger partial charge < -0.3 is 19.1 Å². The molecule has 6 heteroatoms. The zero-order valence-electron chi connectivity index (χ0n) is 13.9. The van der Waals surface area contributed by atoms with Crippen molar-refractivity contribution in [2.45, 2.75) is 39.7 Å². The molecule has 0 aromatic heterocycles. The Morgan fingerprint density at radius 3 is 2.29 bits per heavy atom. The molecule has 6 nitrogen and oxygen atoms in total. The quantitative estimate of drug-likeness (QED) is 0.425. The minimum Gasteiger partial charge on any atom is -0.463 e. The Hall–Kier alpha value is -1.14. The lowest BCUT2D eigenvalue weighted by Crippen LogP contribution is -2.30. The minimum absolute atomic E-state index is 0.102. The normalized spacial score (nSPS) is 13.8. The zero-order valence-corrected chi connectivity index (χ0v) is 13.9. The molecule has 0 fully saturated rings. The minimum atomic E-state index is -0.413. The Labute approximate surface area is 127 Å². The van der Waals surface area contributed by atoms with Crippen LogP contribution in [-0.4, -0.2) is 63.4 Å². The van der Waals surface area contributed by atoms with E-state index in [2.05, 4.69) is 4.90 Å². The van der Waals surface area contributed by atoms with Crippen LogP contribution in [0.15, 0.2) is 0 Å². The first kappa shape index (κ1) is 19.9. The number of esters is 2. The molecule has 2 atom stereocenters. The maximum Gasteiger partial charge on any atom is 0.308 e. The second kappa shape index (κ2) is 11.5. The first-order chi connectivity index (χ1) is 9.86. The zero-order chi connectivity index (χ0) is 16.3. The van der Waals surface area contributed by atoms with Crippen LogP contribution < -0.4 is 0 Å². The molecule has 0 rings (SSSR count). The van der Waals surface area contributed by atoms with Gasteiger partial charge in [0.05, 0.1) is 5.92 Å². The van der Waals surface area contributed by atoms with Gasteiger partial charge in [-0.1, -0.05) is 13.8 Å². The van der Waals surface area contributed by atoms with Crippen molar-refractivity contribution in [2.75, 3.05) is 40.5 Å². The van der Waals surface area contributed by atoms with Crippen molar-refractivity contribution in [1.82, 2.24) is 4.90 Å². The van der Waals surface area contributed by atoms with Crippen LogP contribution >= 0.6 is 0 Å². The Bertz CT molecular complexity index is 306. The molecule has 0 aliphatic carbocycles. The summed E-state index contributed by atoms with van der Waals surface area (Å²) in [6, 6.07) is 0. The molecular weight excluding hydrogens is 274 g/mol. The summed E-state index contributed by atoms with van der Waals surface area (Å²) in [5.74, 6) is -0.750. The topological polar surface area (TPSA) is 65.1 Å². The molecule has 0 N–H and O–H groups in total. The van der Waals surface area contributed by atoms with Gasteiger partial charge in [0.25, 0.3) is 0 Å². The smallest absolute Gasteiger partial charge is 0.308 e. The molecule has 0 aromatic rings. The van der Waals surface area contributed by atoms with E-state index in [9.17, 15) is 9.59 Å². The van der Waals surface area contributed by atoms with E-state index in [0.29, 0.717) is 6.61 Å². The van der Waals surface area contributed by atoms with Gasteiger partial charge in [-0.15, -0.1) is 0 Å². The maximum absolute atomic E-state index is 11.6. The molecule has 0 saturated heterocycles. The highest BCUT2D eigenvalue weighted by molar-refractivity contribution is 5.71. The van der Waals surface area contributed by atoms with Gasteiger partial charge in [-0.3, -0.25) is 9.59 Å². The summed E-state index contributed by atoms with van der Waals surface area (Å²) >= 11 is 0.